The number of carbonyl (C=O) groups is 3. The minimum Gasteiger partial charge on any atom is -0.481 e. The number of carboxylic acid groups (broad SMARTS) is 1. The van der Waals surface area contributed by atoms with E-state index in [0.29, 0.717) is 34.8 Å². The number of amides is 2. The quantitative estimate of drug-likeness (QED) is 0.207. The van der Waals surface area contributed by atoms with Crippen molar-refractivity contribution in [2.75, 3.05) is 13.1 Å². The lowest BCUT2D eigenvalue weighted by atomic mass is 9.77. The van der Waals surface area contributed by atoms with Gasteiger partial charge in [-0.25, -0.2) is 0 Å². The first kappa shape index (κ1) is 39.4. The Kier molecular flexibility index (Phi) is 11.5. The molecule has 2 aromatic heterocycles. The van der Waals surface area contributed by atoms with Crippen LogP contribution in [0, 0.1) is 11.8 Å². The van der Waals surface area contributed by atoms with Crippen molar-refractivity contribution in [2.45, 2.75) is 89.3 Å². The van der Waals surface area contributed by atoms with E-state index in [1.165, 1.54) is 4.90 Å². The summed E-state index contributed by atoms with van der Waals surface area (Å²) >= 11 is 6.65. The summed E-state index contributed by atoms with van der Waals surface area (Å²) in [5.74, 6) is -4.44. The Morgan fingerprint density at radius 3 is 2.42 bits per heavy atom. The van der Waals surface area contributed by atoms with Crippen molar-refractivity contribution in [3.05, 3.63) is 80.3 Å². The maximum atomic E-state index is 15.4. The van der Waals surface area contributed by atoms with Crippen LogP contribution in [0.4, 0.5) is 26.3 Å². The first-order valence-electron chi connectivity index (χ1n) is 16.9. The second-order valence-electron chi connectivity index (χ2n) is 13.5. The number of benzene rings is 1. The van der Waals surface area contributed by atoms with Gasteiger partial charge >= 0.3 is 18.3 Å². The van der Waals surface area contributed by atoms with Crippen molar-refractivity contribution in [3.8, 4) is 5.75 Å². The van der Waals surface area contributed by atoms with Gasteiger partial charge in [-0.3, -0.25) is 19.4 Å². The van der Waals surface area contributed by atoms with E-state index in [9.17, 15) is 41.0 Å². The maximum Gasteiger partial charge on any atom is 0.425 e. The third-order valence-electron chi connectivity index (χ3n) is 9.84. The highest BCUT2D eigenvalue weighted by atomic mass is 35.5. The van der Waals surface area contributed by atoms with E-state index < -0.39 is 69.9 Å². The smallest absolute Gasteiger partial charge is 0.425 e. The number of halogens is 7. The van der Waals surface area contributed by atoms with Crippen molar-refractivity contribution >= 4 is 40.7 Å². The molecule has 0 aliphatic carbocycles. The van der Waals surface area contributed by atoms with Crippen molar-refractivity contribution in [1.82, 2.24) is 14.8 Å². The molecule has 16 heteroatoms. The molecule has 282 valence electrons. The van der Waals surface area contributed by atoms with Crippen LogP contribution in [0.1, 0.15) is 91.0 Å². The normalized spacial score (nSPS) is 21.5. The molecular weight excluding hydrogens is 736 g/mol. The highest BCUT2D eigenvalue weighted by Gasteiger charge is 2.57. The predicted octanol–water partition coefficient (Wildman–Crippen LogP) is 8.93. The highest BCUT2D eigenvalue weighted by Crippen LogP contribution is 2.45. The van der Waals surface area contributed by atoms with Crippen LogP contribution >= 0.6 is 22.9 Å². The third kappa shape index (κ3) is 7.90. The molecule has 1 saturated heterocycles. The van der Waals surface area contributed by atoms with Gasteiger partial charge < -0.3 is 19.6 Å². The van der Waals surface area contributed by atoms with Crippen LogP contribution in [0.25, 0.3) is 0 Å². The Balaban J connectivity index is 1.68. The molecule has 0 radical (unpaired) electrons. The van der Waals surface area contributed by atoms with Gasteiger partial charge in [-0.1, -0.05) is 44.9 Å². The second kappa shape index (κ2) is 15.2. The molecule has 4 atom stereocenters. The Labute approximate surface area is 305 Å². The molecule has 0 bridgehead atoms. The van der Waals surface area contributed by atoms with E-state index in [-0.39, 0.29) is 50.4 Å². The number of hydrogen-bond acceptors (Lipinski definition) is 6. The lowest BCUT2D eigenvalue weighted by Gasteiger charge is -2.51. The van der Waals surface area contributed by atoms with Crippen molar-refractivity contribution in [2.24, 2.45) is 11.8 Å². The number of thiophene rings is 1. The Bertz CT molecular complexity index is 1800. The minimum atomic E-state index is -4.93. The molecule has 2 unspecified atom stereocenters. The summed E-state index contributed by atoms with van der Waals surface area (Å²) in [4.78, 5) is 47.4. The zero-order valence-corrected chi connectivity index (χ0v) is 30.1. The van der Waals surface area contributed by atoms with Gasteiger partial charge in [-0.05, 0) is 67.0 Å². The number of ether oxygens (including phenoxy) is 1. The van der Waals surface area contributed by atoms with E-state index >= 15 is 4.79 Å². The van der Waals surface area contributed by atoms with Crippen molar-refractivity contribution in [3.63, 3.8) is 0 Å². The number of rotatable bonds is 10. The summed E-state index contributed by atoms with van der Waals surface area (Å²) in [5.41, 5.74) is -2.79. The number of carboxylic acids is 1. The number of hydrogen-bond donors (Lipinski definition) is 1. The fourth-order valence-corrected chi connectivity index (χ4v) is 8.27. The van der Waals surface area contributed by atoms with Crippen LogP contribution in [0.2, 0.25) is 5.02 Å². The average Bonchev–Trinajstić information content (AvgIpc) is 3.55. The molecule has 2 aliphatic heterocycles. The first-order valence-corrected chi connectivity index (χ1v) is 18.1. The van der Waals surface area contributed by atoms with Gasteiger partial charge in [0.25, 0.3) is 11.8 Å². The molecule has 5 rings (SSSR count). The van der Waals surface area contributed by atoms with Gasteiger partial charge in [0, 0.05) is 42.2 Å². The molecule has 1 aromatic carbocycles. The van der Waals surface area contributed by atoms with Crippen LogP contribution in [-0.2, 0) is 28.4 Å². The second-order valence-corrected chi connectivity index (χ2v) is 14.8. The molecule has 0 saturated carbocycles. The van der Waals surface area contributed by atoms with Gasteiger partial charge in [0.15, 0.2) is 0 Å². The summed E-state index contributed by atoms with van der Waals surface area (Å²) in [7, 11) is 0. The van der Waals surface area contributed by atoms with Crippen molar-refractivity contribution < 1.29 is 50.6 Å². The van der Waals surface area contributed by atoms with Gasteiger partial charge in [0.1, 0.15) is 16.3 Å². The fraction of sp³-hybridized carbons (Fsp3) is 0.500. The van der Waals surface area contributed by atoms with Crippen LogP contribution in [0.5, 0.6) is 5.75 Å². The summed E-state index contributed by atoms with van der Waals surface area (Å²) in [6.45, 7) is 5.20. The largest absolute Gasteiger partial charge is 0.481 e. The summed E-state index contributed by atoms with van der Waals surface area (Å²) < 4.78 is 90.0. The van der Waals surface area contributed by atoms with Gasteiger partial charge in [0.05, 0.1) is 23.6 Å². The predicted molar refractivity (Wildman–Crippen MR) is 181 cm³/mol. The summed E-state index contributed by atoms with van der Waals surface area (Å²) in [6.07, 6.45) is -8.01. The molecular formula is C36H38ClF6N3O5S. The molecule has 2 amide bonds. The monoisotopic (exact) mass is 773 g/mol. The summed E-state index contributed by atoms with van der Waals surface area (Å²) in [6, 6.07) is 5.52. The van der Waals surface area contributed by atoms with Gasteiger partial charge in [-0.15, -0.1) is 11.3 Å². The number of aromatic nitrogens is 1. The molecule has 0 spiro atoms. The Hall–Kier alpha value is -3.85. The summed E-state index contributed by atoms with van der Waals surface area (Å²) in [5, 5.41) is 11.7. The molecule has 8 nitrogen and oxygen atoms in total. The zero-order chi connectivity index (χ0) is 38.2. The van der Waals surface area contributed by atoms with E-state index in [4.69, 9.17) is 16.3 Å². The number of likely N-dealkylation sites (tertiary alicyclic amines) is 1. The Morgan fingerprint density at radius 2 is 1.81 bits per heavy atom. The van der Waals surface area contributed by atoms with E-state index in [1.54, 1.807) is 39.0 Å². The Morgan fingerprint density at radius 1 is 1.08 bits per heavy atom. The van der Waals surface area contributed by atoms with Gasteiger partial charge in [0.2, 0.25) is 5.60 Å². The molecule has 1 fully saturated rings. The molecule has 52 heavy (non-hydrogen) atoms. The van der Waals surface area contributed by atoms with Crippen LogP contribution in [0.3, 0.4) is 0 Å². The van der Waals surface area contributed by atoms with E-state index in [2.05, 4.69) is 4.98 Å². The zero-order valence-electron chi connectivity index (χ0n) is 28.6. The highest BCUT2D eigenvalue weighted by molar-refractivity contribution is 7.10. The topological polar surface area (TPSA) is 100 Å². The third-order valence-corrected chi connectivity index (χ3v) is 11.0. The van der Waals surface area contributed by atoms with E-state index in [0.717, 1.165) is 40.2 Å². The maximum absolute atomic E-state index is 15.4. The first-order chi connectivity index (χ1) is 24.4. The van der Waals surface area contributed by atoms with Crippen LogP contribution in [0.15, 0.2) is 48.0 Å². The fourth-order valence-electron chi connectivity index (χ4n) is 7.40. The number of alkyl halides is 6. The number of carbonyl (C=O) groups excluding carboxylic acids is 2. The number of fused-ring (bicyclic) bond motifs is 1. The number of piperidine rings is 1. The van der Waals surface area contributed by atoms with Crippen molar-refractivity contribution in [1.29, 1.82) is 0 Å². The van der Waals surface area contributed by atoms with Gasteiger partial charge in [-0.2, -0.15) is 26.3 Å². The number of nitrogens with zero attached hydrogens (tertiary/aromatic N) is 3. The molecule has 1 N–H and O–H groups in total. The van der Waals surface area contributed by atoms with E-state index in [1.807, 2.05) is 0 Å². The lowest BCUT2D eigenvalue weighted by Crippen LogP contribution is -2.68. The standard InChI is InChI=1S/C36H38ClF6N3O5S/c1-4-7-28-34(51-23-17-29(52-19-23)36(41,42)43,12-6-14-46(28)31(47)30-26(35(38,39)40)8-5-13-44-30)33(50)45-15-11-21-16-22(37)9-10-24(21)27(45)18-25(20(2)3)32(48)49/h5,8-10,13,16-17,19-20,25,27-28H,4,6-7,11-12,14-15,18H2,1-3H3,(H,48,49)/t25?,27?,28-,34-/m1/s1. The SMILES string of the molecule is CCC[C@H]1N(C(=O)c2ncccc2C(F)(F)F)CCC[C@]1(Oc1csc(C(F)(F)F)c1)C(=O)N1CCc2cc(Cl)ccc2C1CC(C(=O)O)C(C)C. The minimum absolute atomic E-state index is 0.0237. The molecule has 2 aliphatic rings. The number of pyridine rings is 1. The van der Waals surface area contributed by atoms with Crippen LogP contribution < -0.4 is 4.74 Å². The molecule has 4 heterocycles. The lowest BCUT2D eigenvalue weighted by molar-refractivity contribution is -0.164. The molecule has 3 aromatic rings. The number of aliphatic carboxylic acids is 1. The average molecular weight is 774 g/mol. The van der Waals surface area contributed by atoms with Crippen LogP contribution in [-0.4, -0.2) is 62.4 Å².